The smallest absolute Gasteiger partial charge is 0.00922 e. The van der Waals surface area contributed by atoms with Crippen molar-refractivity contribution in [3.8, 4) is 11.8 Å². The summed E-state index contributed by atoms with van der Waals surface area (Å²) in [6.45, 7) is 5.73. The van der Waals surface area contributed by atoms with Crippen LogP contribution in [0.15, 0.2) is 12.2 Å². The second-order valence-electron chi connectivity index (χ2n) is 2.18. The Labute approximate surface area is 64.3 Å². The van der Waals surface area contributed by atoms with Gasteiger partial charge in [-0.05, 0) is 19.4 Å². The molecule has 0 aliphatic carbocycles. The number of allylic oxidation sites excluding steroid dienone is 2. The predicted molar refractivity (Wildman–Crippen MR) is 46.4 cm³/mol. The van der Waals surface area contributed by atoms with Crippen LogP contribution >= 0.6 is 0 Å². The van der Waals surface area contributed by atoms with Crippen molar-refractivity contribution in [2.45, 2.75) is 32.6 Å². The molecule has 0 aromatic rings. The van der Waals surface area contributed by atoms with E-state index >= 15 is 0 Å². The van der Waals surface area contributed by atoms with Gasteiger partial charge in [0.05, 0.1) is 0 Å². The molecule has 0 aromatic heterocycles. The summed E-state index contributed by atoms with van der Waals surface area (Å²) in [4.78, 5) is 0. The monoisotopic (exact) mass is 135 g/mol. The minimum absolute atomic E-state index is 1.03. The predicted octanol–water partition coefficient (Wildman–Crippen LogP) is 2.96. The molecular weight excluding hydrogens is 120 g/mol. The maximum Gasteiger partial charge on any atom is 0.00922 e. The number of unbranched alkanes of at least 4 members (excludes halogenated alkanes) is 3. The first kappa shape index (κ1) is 9.30. The highest BCUT2D eigenvalue weighted by Gasteiger charge is 1.78. The molecule has 55 valence electrons. The molecule has 0 spiro atoms. The SMILES string of the molecule is [CH2]/C=C/C#CCCCCC. The normalized spacial score (nSPS) is 9.40. The average Bonchev–Trinajstić information content (AvgIpc) is 1.97. The van der Waals surface area contributed by atoms with Crippen molar-refractivity contribution >= 4 is 0 Å². The molecule has 0 aromatic carbocycles. The molecule has 0 rings (SSSR count). The van der Waals surface area contributed by atoms with Crippen LogP contribution in [0.5, 0.6) is 0 Å². The van der Waals surface area contributed by atoms with Gasteiger partial charge in [0.25, 0.3) is 0 Å². The van der Waals surface area contributed by atoms with Crippen LogP contribution in [0.4, 0.5) is 0 Å². The zero-order valence-corrected chi connectivity index (χ0v) is 6.69. The first-order valence-electron chi connectivity index (χ1n) is 3.84. The zero-order chi connectivity index (χ0) is 7.66. The van der Waals surface area contributed by atoms with Gasteiger partial charge in [0.1, 0.15) is 0 Å². The van der Waals surface area contributed by atoms with Gasteiger partial charge in [0, 0.05) is 6.42 Å². The molecular formula is C10H15. The second-order valence-corrected chi connectivity index (χ2v) is 2.18. The fourth-order valence-corrected chi connectivity index (χ4v) is 0.653. The van der Waals surface area contributed by atoms with Gasteiger partial charge in [0.2, 0.25) is 0 Å². The van der Waals surface area contributed by atoms with Crippen LogP contribution in [0, 0.1) is 18.8 Å². The molecule has 0 saturated heterocycles. The van der Waals surface area contributed by atoms with Crippen molar-refractivity contribution in [1.82, 2.24) is 0 Å². The number of hydrogen-bond acceptors (Lipinski definition) is 0. The van der Waals surface area contributed by atoms with Gasteiger partial charge in [-0.3, -0.25) is 0 Å². The molecule has 0 aliphatic heterocycles. The Balaban J connectivity index is 3.12. The Morgan fingerprint density at radius 1 is 1.40 bits per heavy atom. The van der Waals surface area contributed by atoms with Crippen molar-refractivity contribution in [2.75, 3.05) is 0 Å². The van der Waals surface area contributed by atoms with Gasteiger partial charge in [-0.2, -0.15) is 0 Å². The quantitative estimate of drug-likeness (QED) is 0.412. The molecule has 0 heteroatoms. The van der Waals surface area contributed by atoms with Crippen molar-refractivity contribution in [2.24, 2.45) is 0 Å². The van der Waals surface area contributed by atoms with E-state index in [0.717, 1.165) is 6.42 Å². The summed E-state index contributed by atoms with van der Waals surface area (Å²) in [5.74, 6) is 5.95. The summed E-state index contributed by atoms with van der Waals surface area (Å²) in [6.07, 6.45) is 8.32. The summed E-state index contributed by atoms with van der Waals surface area (Å²) >= 11 is 0. The summed E-state index contributed by atoms with van der Waals surface area (Å²) < 4.78 is 0. The van der Waals surface area contributed by atoms with Gasteiger partial charge >= 0.3 is 0 Å². The standard InChI is InChI=1S/C10H15/c1-3-5-7-9-10-8-6-4-2/h3,5H,1,4,6,8,10H2,2H3/b5-3+. The van der Waals surface area contributed by atoms with Gasteiger partial charge < -0.3 is 0 Å². The van der Waals surface area contributed by atoms with Crippen molar-refractivity contribution in [3.63, 3.8) is 0 Å². The summed E-state index contributed by atoms with van der Waals surface area (Å²) in [5, 5.41) is 0. The van der Waals surface area contributed by atoms with Crippen molar-refractivity contribution in [1.29, 1.82) is 0 Å². The first-order chi connectivity index (χ1) is 4.91. The Kier molecular flexibility index (Phi) is 7.72. The van der Waals surface area contributed by atoms with E-state index < -0.39 is 0 Å². The minimum atomic E-state index is 1.03. The Bertz CT molecular complexity index is 132. The van der Waals surface area contributed by atoms with Gasteiger partial charge in [0.15, 0.2) is 0 Å². The van der Waals surface area contributed by atoms with Crippen LogP contribution in [0.2, 0.25) is 0 Å². The topological polar surface area (TPSA) is 0 Å². The molecule has 1 radical (unpaired) electrons. The highest BCUT2D eigenvalue weighted by Crippen LogP contribution is 1.96. The van der Waals surface area contributed by atoms with E-state index in [0.29, 0.717) is 0 Å². The van der Waals surface area contributed by atoms with E-state index in [-0.39, 0.29) is 0 Å². The van der Waals surface area contributed by atoms with Crippen LogP contribution in [0.3, 0.4) is 0 Å². The lowest BCUT2D eigenvalue weighted by molar-refractivity contribution is 0.737. The van der Waals surface area contributed by atoms with Crippen LogP contribution in [0.25, 0.3) is 0 Å². The molecule has 0 aliphatic rings. The van der Waals surface area contributed by atoms with E-state index in [1.807, 2.05) is 0 Å². The molecule has 0 atom stereocenters. The minimum Gasteiger partial charge on any atom is -0.0985 e. The molecule has 0 fully saturated rings. The lowest BCUT2D eigenvalue weighted by Gasteiger charge is -1.86. The molecule has 0 N–H and O–H groups in total. The largest absolute Gasteiger partial charge is 0.0985 e. The summed E-state index contributed by atoms with van der Waals surface area (Å²) in [6, 6.07) is 0. The van der Waals surface area contributed by atoms with Gasteiger partial charge in [-0.1, -0.05) is 37.7 Å². The molecule has 0 heterocycles. The third-order valence-electron chi connectivity index (χ3n) is 1.21. The van der Waals surface area contributed by atoms with E-state index in [2.05, 4.69) is 25.7 Å². The highest BCUT2D eigenvalue weighted by atomic mass is 13.8. The lowest BCUT2D eigenvalue weighted by atomic mass is 10.2. The molecule has 10 heavy (non-hydrogen) atoms. The van der Waals surface area contributed by atoms with Crippen molar-refractivity contribution < 1.29 is 0 Å². The van der Waals surface area contributed by atoms with E-state index in [4.69, 9.17) is 0 Å². The molecule has 0 amide bonds. The lowest BCUT2D eigenvalue weighted by Crippen LogP contribution is -1.69. The fraction of sp³-hybridized carbons (Fsp3) is 0.500. The highest BCUT2D eigenvalue weighted by molar-refractivity contribution is 5.15. The summed E-state index contributed by atoms with van der Waals surface area (Å²) in [5.41, 5.74) is 0. The Morgan fingerprint density at radius 2 is 2.20 bits per heavy atom. The van der Waals surface area contributed by atoms with Crippen LogP contribution in [-0.2, 0) is 0 Å². The maximum atomic E-state index is 3.54. The Hall–Kier alpha value is -0.700. The maximum absolute atomic E-state index is 3.54. The molecule has 0 saturated carbocycles. The molecule has 0 nitrogen and oxygen atoms in total. The van der Waals surface area contributed by atoms with Crippen LogP contribution < -0.4 is 0 Å². The molecule has 0 bridgehead atoms. The van der Waals surface area contributed by atoms with Gasteiger partial charge in [-0.15, -0.1) is 0 Å². The third kappa shape index (κ3) is 7.30. The average molecular weight is 135 g/mol. The number of rotatable bonds is 3. The second kappa shape index (κ2) is 8.30. The Morgan fingerprint density at radius 3 is 2.80 bits per heavy atom. The number of hydrogen-bond donors (Lipinski definition) is 0. The zero-order valence-electron chi connectivity index (χ0n) is 6.69. The first-order valence-corrected chi connectivity index (χ1v) is 3.84. The van der Waals surface area contributed by atoms with Gasteiger partial charge in [-0.25, -0.2) is 0 Å². The third-order valence-corrected chi connectivity index (χ3v) is 1.21. The molecule has 0 unspecified atom stereocenters. The summed E-state index contributed by atoms with van der Waals surface area (Å²) in [7, 11) is 0. The van der Waals surface area contributed by atoms with Crippen molar-refractivity contribution in [3.05, 3.63) is 19.1 Å². The van der Waals surface area contributed by atoms with Crippen LogP contribution in [0.1, 0.15) is 32.6 Å². The van der Waals surface area contributed by atoms with E-state index in [9.17, 15) is 0 Å². The van der Waals surface area contributed by atoms with Crippen LogP contribution in [-0.4, -0.2) is 0 Å². The van der Waals surface area contributed by atoms with E-state index in [1.165, 1.54) is 19.3 Å². The fourth-order valence-electron chi connectivity index (χ4n) is 0.653. The van der Waals surface area contributed by atoms with E-state index in [1.54, 1.807) is 12.2 Å².